The summed E-state index contributed by atoms with van der Waals surface area (Å²) in [5, 5.41) is 3.18. The van der Waals surface area contributed by atoms with Crippen molar-refractivity contribution in [3.63, 3.8) is 0 Å². The van der Waals surface area contributed by atoms with Crippen LogP contribution in [0.5, 0.6) is 0 Å². The number of rotatable bonds is 2. The van der Waals surface area contributed by atoms with Gasteiger partial charge in [0.05, 0.1) is 6.10 Å². The molecule has 0 spiro atoms. The van der Waals surface area contributed by atoms with E-state index in [9.17, 15) is 4.79 Å². The van der Waals surface area contributed by atoms with Crippen LogP contribution in [0.4, 0.5) is 0 Å². The minimum Gasteiger partial charge on any atom is -0.378 e. The van der Waals surface area contributed by atoms with E-state index in [1.807, 2.05) is 0 Å². The lowest BCUT2D eigenvalue weighted by Crippen LogP contribution is -2.53. The standard InChI is InChI=1S/C21H35NO2/c1-4-24-18-8-7-16-15-6-5-14-13-22-19(23)10-12-20(14,2)17(15)9-11-21(16,18)3/h14-18H,4-13H2,1-3H3,(H,22,23)/t14-,15?,16?,17?,18-,20-,21-/m0/s1. The molecule has 3 nitrogen and oxygen atoms in total. The predicted octanol–water partition coefficient (Wildman–Crippen LogP) is 4.16. The van der Waals surface area contributed by atoms with Crippen LogP contribution in [0.1, 0.15) is 72.1 Å². The molecule has 0 radical (unpaired) electrons. The van der Waals surface area contributed by atoms with Crippen molar-refractivity contribution in [1.82, 2.24) is 5.32 Å². The zero-order chi connectivity index (χ0) is 16.9. The van der Waals surface area contributed by atoms with Gasteiger partial charge in [0.15, 0.2) is 0 Å². The Morgan fingerprint density at radius 2 is 1.83 bits per heavy atom. The van der Waals surface area contributed by atoms with Gasteiger partial charge in [-0.1, -0.05) is 13.8 Å². The van der Waals surface area contributed by atoms with Crippen molar-refractivity contribution >= 4 is 5.91 Å². The molecule has 136 valence electrons. The van der Waals surface area contributed by atoms with Crippen LogP contribution in [0.3, 0.4) is 0 Å². The van der Waals surface area contributed by atoms with E-state index in [2.05, 4.69) is 26.1 Å². The second-order valence-electron chi connectivity index (χ2n) is 9.53. The number of ether oxygens (including phenoxy) is 1. The fourth-order valence-electron chi connectivity index (χ4n) is 7.39. The Hall–Kier alpha value is -0.570. The third kappa shape index (κ3) is 2.37. The maximum atomic E-state index is 11.9. The first kappa shape index (κ1) is 16.9. The van der Waals surface area contributed by atoms with Gasteiger partial charge in [0.25, 0.3) is 0 Å². The number of hydrogen-bond donors (Lipinski definition) is 1. The highest BCUT2D eigenvalue weighted by Crippen LogP contribution is 2.65. The van der Waals surface area contributed by atoms with Gasteiger partial charge in [-0.05, 0) is 86.4 Å². The van der Waals surface area contributed by atoms with Crippen molar-refractivity contribution in [2.75, 3.05) is 13.2 Å². The summed E-state index contributed by atoms with van der Waals surface area (Å²) in [6, 6.07) is 0. The summed E-state index contributed by atoms with van der Waals surface area (Å²) >= 11 is 0. The molecule has 1 N–H and O–H groups in total. The molecule has 4 fully saturated rings. The molecular formula is C21H35NO2. The van der Waals surface area contributed by atoms with Crippen molar-refractivity contribution in [1.29, 1.82) is 0 Å². The summed E-state index contributed by atoms with van der Waals surface area (Å²) < 4.78 is 6.17. The van der Waals surface area contributed by atoms with Crippen molar-refractivity contribution in [3.8, 4) is 0 Å². The molecule has 1 heterocycles. The fraction of sp³-hybridized carbons (Fsp3) is 0.952. The number of nitrogens with one attached hydrogen (secondary N) is 1. The van der Waals surface area contributed by atoms with Gasteiger partial charge in [-0.2, -0.15) is 0 Å². The highest BCUT2D eigenvalue weighted by atomic mass is 16.5. The van der Waals surface area contributed by atoms with Crippen LogP contribution in [-0.2, 0) is 9.53 Å². The molecule has 7 atom stereocenters. The van der Waals surface area contributed by atoms with Crippen molar-refractivity contribution < 1.29 is 9.53 Å². The number of carbonyl (C=O) groups is 1. The Morgan fingerprint density at radius 1 is 1.04 bits per heavy atom. The Balaban J connectivity index is 1.59. The molecule has 0 aromatic heterocycles. The highest BCUT2D eigenvalue weighted by molar-refractivity contribution is 5.76. The Morgan fingerprint density at radius 3 is 2.62 bits per heavy atom. The van der Waals surface area contributed by atoms with Crippen molar-refractivity contribution in [2.45, 2.75) is 78.2 Å². The number of fused-ring (bicyclic) bond motifs is 5. The maximum Gasteiger partial charge on any atom is 0.220 e. The lowest BCUT2D eigenvalue weighted by atomic mass is 9.47. The summed E-state index contributed by atoms with van der Waals surface area (Å²) in [7, 11) is 0. The maximum absolute atomic E-state index is 11.9. The second-order valence-corrected chi connectivity index (χ2v) is 9.53. The van der Waals surface area contributed by atoms with E-state index in [-0.39, 0.29) is 5.91 Å². The minimum atomic E-state index is 0.278. The molecule has 4 rings (SSSR count). The average Bonchev–Trinajstić information content (AvgIpc) is 2.81. The zero-order valence-electron chi connectivity index (χ0n) is 15.8. The summed E-state index contributed by atoms with van der Waals surface area (Å²) in [6.45, 7) is 8.96. The molecule has 1 amide bonds. The zero-order valence-corrected chi connectivity index (χ0v) is 15.8. The second kappa shape index (κ2) is 6.00. The van der Waals surface area contributed by atoms with Crippen molar-refractivity contribution in [2.24, 2.45) is 34.5 Å². The largest absolute Gasteiger partial charge is 0.378 e. The molecule has 24 heavy (non-hydrogen) atoms. The predicted molar refractivity (Wildman–Crippen MR) is 95.5 cm³/mol. The Bertz CT molecular complexity index is 506. The molecule has 0 aromatic carbocycles. The van der Waals surface area contributed by atoms with Crippen LogP contribution in [0.2, 0.25) is 0 Å². The van der Waals surface area contributed by atoms with E-state index in [1.54, 1.807) is 0 Å². The van der Waals surface area contributed by atoms with Crippen LogP contribution in [0.25, 0.3) is 0 Å². The van der Waals surface area contributed by atoms with Crippen LogP contribution in [0, 0.1) is 34.5 Å². The molecule has 3 aliphatic carbocycles. The van der Waals surface area contributed by atoms with Gasteiger partial charge >= 0.3 is 0 Å². The number of carbonyl (C=O) groups excluding carboxylic acids is 1. The molecule has 3 unspecified atom stereocenters. The SMILES string of the molecule is CCO[C@H]1CCC2C3CC[C@H]4CNC(=O)CC[C@]4(C)C3CC[C@@]21C. The van der Waals surface area contributed by atoms with Gasteiger partial charge in [-0.15, -0.1) is 0 Å². The molecule has 1 saturated heterocycles. The smallest absolute Gasteiger partial charge is 0.220 e. The first-order chi connectivity index (χ1) is 11.5. The third-order valence-electron chi connectivity index (χ3n) is 8.78. The van der Waals surface area contributed by atoms with E-state index >= 15 is 0 Å². The average molecular weight is 334 g/mol. The molecule has 4 aliphatic rings. The van der Waals surface area contributed by atoms with Crippen LogP contribution >= 0.6 is 0 Å². The van der Waals surface area contributed by atoms with E-state index in [4.69, 9.17) is 4.74 Å². The van der Waals surface area contributed by atoms with E-state index in [0.29, 0.717) is 22.9 Å². The lowest BCUT2D eigenvalue weighted by Gasteiger charge is -2.58. The fourth-order valence-corrected chi connectivity index (χ4v) is 7.39. The Labute approximate surface area is 147 Å². The number of amides is 1. The normalized spacial score (nSPS) is 51.1. The van der Waals surface area contributed by atoms with Crippen molar-refractivity contribution in [3.05, 3.63) is 0 Å². The van der Waals surface area contributed by atoms with Gasteiger partial charge < -0.3 is 10.1 Å². The van der Waals surface area contributed by atoms with Gasteiger partial charge in [0.1, 0.15) is 0 Å². The van der Waals surface area contributed by atoms with E-state index in [0.717, 1.165) is 43.7 Å². The molecule has 1 aliphatic heterocycles. The summed E-state index contributed by atoms with van der Waals surface area (Å²) in [5.74, 6) is 3.50. The molecule has 3 saturated carbocycles. The summed E-state index contributed by atoms with van der Waals surface area (Å²) in [4.78, 5) is 11.9. The van der Waals surface area contributed by atoms with Crippen LogP contribution in [0.15, 0.2) is 0 Å². The monoisotopic (exact) mass is 333 g/mol. The quantitative estimate of drug-likeness (QED) is 0.824. The molecule has 0 bridgehead atoms. The first-order valence-electron chi connectivity index (χ1n) is 10.4. The van der Waals surface area contributed by atoms with Gasteiger partial charge in [0, 0.05) is 19.6 Å². The van der Waals surface area contributed by atoms with Gasteiger partial charge in [0.2, 0.25) is 5.91 Å². The third-order valence-corrected chi connectivity index (χ3v) is 8.78. The topological polar surface area (TPSA) is 38.3 Å². The lowest BCUT2D eigenvalue weighted by molar-refractivity contribution is -0.122. The molecule has 3 heteroatoms. The van der Waals surface area contributed by atoms with Crippen LogP contribution < -0.4 is 5.32 Å². The van der Waals surface area contributed by atoms with Gasteiger partial charge in [-0.25, -0.2) is 0 Å². The molecular weight excluding hydrogens is 298 g/mol. The van der Waals surface area contributed by atoms with Crippen LogP contribution in [-0.4, -0.2) is 25.2 Å². The minimum absolute atomic E-state index is 0.278. The first-order valence-corrected chi connectivity index (χ1v) is 10.4. The Kier molecular flexibility index (Phi) is 4.22. The summed E-state index contributed by atoms with van der Waals surface area (Å²) in [5.41, 5.74) is 0.770. The van der Waals surface area contributed by atoms with E-state index < -0.39 is 0 Å². The molecule has 0 aromatic rings. The van der Waals surface area contributed by atoms with Gasteiger partial charge in [-0.3, -0.25) is 4.79 Å². The highest BCUT2D eigenvalue weighted by Gasteiger charge is 2.59. The number of hydrogen-bond acceptors (Lipinski definition) is 2. The summed E-state index contributed by atoms with van der Waals surface area (Å²) in [6.07, 6.45) is 10.3. The van der Waals surface area contributed by atoms with E-state index in [1.165, 1.54) is 38.5 Å².